The molecular formula is C12H16N4O2. The Labute approximate surface area is 106 Å². The molecule has 1 aromatic rings. The Morgan fingerprint density at radius 3 is 3.00 bits per heavy atom. The predicted octanol–water partition coefficient (Wildman–Crippen LogP) is 0.229. The second-order valence-corrected chi connectivity index (χ2v) is 3.86. The van der Waals surface area contributed by atoms with Crippen molar-refractivity contribution in [2.75, 3.05) is 37.7 Å². The summed E-state index contributed by atoms with van der Waals surface area (Å²) in [6, 6.07) is 1.70. The quantitative estimate of drug-likeness (QED) is 0.773. The van der Waals surface area contributed by atoms with Crippen LogP contribution < -0.4 is 10.2 Å². The van der Waals surface area contributed by atoms with Crippen molar-refractivity contribution in [3.8, 4) is 0 Å². The molecule has 0 spiro atoms. The summed E-state index contributed by atoms with van der Waals surface area (Å²) in [5.74, 6) is 0.545. The van der Waals surface area contributed by atoms with Crippen LogP contribution in [0.4, 0.5) is 5.82 Å². The average Bonchev–Trinajstić information content (AvgIpc) is 2.46. The Hall–Kier alpha value is -1.95. The van der Waals surface area contributed by atoms with Gasteiger partial charge in [-0.25, -0.2) is 9.97 Å². The first-order valence-corrected chi connectivity index (χ1v) is 5.85. The van der Waals surface area contributed by atoms with E-state index in [1.165, 1.54) is 6.33 Å². The van der Waals surface area contributed by atoms with E-state index in [0.717, 1.165) is 18.9 Å². The van der Waals surface area contributed by atoms with Crippen LogP contribution in [0.3, 0.4) is 0 Å². The van der Waals surface area contributed by atoms with Crippen molar-refractivity contribution in [3.05, 3.63) is 30.7 Å². The van der Waals surface area contributed by atoms with Gasteiger partial charge in [-0.15, -0.1) is 6.58 Å². The van der Waals surface area contributed by atoms with Gasteiger partial charge in [0.15, 0.2) is 0 Å². The van der Waals surface area contributed by atoms with Gasteiger partial charge in [-0.05, 0) is 0 Å². The minimum Gasteiger partial charge on any atom is -0.378 e. The number of morpholine rings is 1. The third-order valence-corrected chi connectivity index (χ3v) is 2.63. The minimum absolute atomic E-state index is 0.216. The standard InChI is InChI=1S/C12H16N4O2/c1-2-3-13-12(17)10-8-11(15-9-14-10)16-4-6-18-7-5-16/h2,8-9H,1,3-7H2,(H,13,17). The number of nitrogens with one attached hydrogen (secondary N) is 1. The third-order valence-electron chi connectivity index (χ3n) is 2.63. The molecule has 1 aliphatic heterocycles. The van der Waals surface area contributed by atoms with E-state index in [2.05, 4.69) is 26.8 Å². The highest BCUT2D eigenvalue weighted by Gasteiger charge is 2.14. The van der Waals surface area contributed by atoms with E-state index in [1.54, 1.807) is 12.1 Å². The maximum absolute atomic E-state index is 11.7. The highest BCUT2D eigenvalue weighted by molar-refractivity contribution is 5.92. The summed E-state index contributed by atoms with van der Waals surface area (Å²) < 4.78 is 5.28. The molecule has 1 amide bonds. The Balaban J connectivity index is 2.08. The van der Waals surface area contributed by atoms with Gasteiger partial charge in [0.2, 0.25) is 0 Å². The minimum atomic E-state index is -0.216. The molecule has 1 N–H and O–H groups in total. The smallest absolute Gasteiger partial charge is 0.270 e. The normalized spacial score (nSPS) is 15.2. The largest absolute Gasteiger partial charge is 0.378 e. The van der Waals surface area contributed by atoms with E-state index in [1.807, 2.05) is 0 Å². The fourth-order valence-corrected chi connectivity index (χ4v) is 1.69. The summed E-state index contributed by atoms with van der Waals surface area (Å²) in [5, 5.41) is 2.69. The van der Waals surface area contributed by atoms with Gasteiger partial charge in [0, 0.05) is 25.7 Å². The van der Waals surface area contributed by atoms with Crippen LogP contribution >= 0.6 is 0 Å². The van der Waals surface area contributed by atoms with Gasteiger partial charge in [-0.2, -0.15) is 0 Å². The molecule has 1 aromatic heterocycles. The van der Waals surface area contributed by atoms with Crippen LogP contribution in [0.25, 0.3) is 0 Å². The van der Waals surface area contributed by atoms with E-state index in [9.17, 15) is 4.79 Å². The molecule has 6 nitrogen and oxygen atoms in total. The Bertz CT molecular complexity index is 430. The highest BCUT2D eigenvalue weighted by atomic mass is 16.5. The maximum atomic E-state index is 11.7. The van der Waals surface area contributed by atoms with Crippen molar-refractivity contribution < 1.29 is 9.53 Å². The van der Waals surface area contributed by atoms with Crippen LogP contribution in [0.5, 0.6) is 0 Å². The van der Waals surface area contributed by atoms with Gasteiger partial charge in [-0.1, -0.05) is 6.08 Å². The van der Waals surface area contributed by atoms with Crippen molar-refractivity contribution in [1.82, 2.24) is 15.3 Å². The van der Waals surface area contributed by atoms with Crippen molar-refractivity contribution in [2.24, 2.45) is 0 Å². The fraction of sp³-hybridized carbons (Fsp3) is 0.417. The molecular weight excluding hydrogens is 232 g/mol. The molecule has 2 heterocycles. The number of hydrogen-bond acceptors (Lipinski definition) is 5. The number of ether oxygens (including phenoxy) is 1. The Morgan fingerprint density at radius 2 is 2.28 bits per heavy atom. The SMILES string of the molecule is C=CCNC(=O)c1cc(N2CCOCC2)ncn1. The summed E-state index contributed by atoms with van der Waals surface area (Å²) in [4.78, 5) is 22.0. The van der Waals surface area contributed by atoms with Crippen LogP contribution in [-0.4, -0.2) is 48.7 Å². The van der Waals surface area contributed by atoms with Crippen LogP contribution in [0.15, 0.2) is 25.0 Å². The summed E-state index contributed by atoms with van der Waals surface area (Å²) in [5.41, 5.74) is 0.369. The zero-order chi connectivity index (χ0) is 12.8. The van der Waals surface area contributed by atoms with Crippen LogP contribution in [0.1, 0.15) is 10.5 Å². The topological polar surface area (TPSA) is 67.4 Å². The summed E-state index contributed by atoms with van der Waals surface area (Å²) in [6.07, 6.45) is 3.04. The first-order chi connectivity index (χ1) is 8.81. The number of amides is 1. The molecule has 0 unspecified atom stereocenters. The van der Waals surface area contributed by atoms with Crippen molar-refractivity contribution in [2.45, 2.75) is 0 Å². The second-order valence-electron chi connectivity index (χ2n) is 3.86. The molecule has 0 aliphatic carbocycles. The second kappa shape index (κ2) is 6.11. The molecule has 6 heteroatoms. The van der Waals surface area contributed by atoms with Crippen molar-refractivity contribution in [3.63, 3.8) is 0 Å². The lowest BCUT2D eigenvalue weighted by Gasteiger charge is -2.27. The van der Waals surface area contributed by atoms with E-state index >= 15 is 0 Å². The summed E-state index contributed by atoms with van der Waals surface area (Å²) in [7, 11) is 0. The molecule has 0 atom stereocenters. The fourth-order valence-electron chi connectivity index (χ4n) is 1.69. The summed E-state index contributed by atoms with van der Waals surface area (Å²) >= 11 is 0. The van der Waals surface area contributed by atoms with Gasteiger partial charge in [0.25, 0.3) is 5.91 Å². The molecule has 0 aromatic carbocycles. The molecule has 1 saturated heterocycles. The molecule has 0 radical (unpaired) electrons. The Morgan fingerprint density at radius 1 is 1.50 bits per heavy atom. The number of carbonyl (C=O) groups is 1. The summed E-state index contributed by atoms with van der Waals surface area (Å²) in [6.45, 7) is 6.90. The van der Waals surface area contributed by atoms with Crippen LogP contribution in [-0.2, 0) is 4.74 Å². The number of hydrogen-bond donors (Lipinski definition) is 1. The van der Waals surface area contributed by atoms with Crippen LogP contribution in [0.2, 0.25) is 0 Å². The van der Waals surface area contributed by atoms with E-state index < -0.39 is 0 Å². The van der Waals surface area contributed by atoms with Gasteiger partial charge in [-0.3, -0.25) is 4.79 Å². The monoisotopic (exact) mass is 248 g/mol. The molecule has 18 heavy (non-hydrogen) atoms. The molecule has 2 rings (SSSR count). The van der Waals surface area contributed by atoms with Gasteiger partial charge < -0.3 is 15.0 Å². The predicted molar refractivity (Wildman–Crippen MR) is 67.6 cm³/mol. The van der Waals surface area contributed by atoms with Gasteiger partial charge in [0.05, 0.1) is 13.2 Å². The number of carbonyl (C=O) groups excluding carboxylic acids is 1. The number of aromatic nitrogens is 2. The molecule has 0 saturated carbocycles. The first kappa shape index (κ1) is 12.5. The van der Waals surface area contributed by atoms with Gasteiger partial charge >= 0.3 is 0 Å². The lowest BCUT2D eigenvalue weighted by Crippen LogP contribution is -2.37. The van der Waals surface area contributed by atoms with Gasteiger partial charge in [0.1, 0.15) is 17.8 Å². The number of anilines is 1. The van der Waals surface area contributed by atoms with Crippen molar-refractivity contribution >= 4 is 11.7 Å². The lowest BCUT2D eigenvalue weighted by molar-refractivity contribution is 0.0953. The number of nitrogens with zero attached hydrogens (tertiary/aromatic N) is 3. The zero-order valence-electron chi connectivity index (χ0n) is 10.1. The first-order valence-electron chi connectivity index (χ1n) is 5.85. The average molecular weight is 248 g/mol. The van der Waals surface area contributed by atoms with E-state index in [-0.39, 0.29) is 5.91 Å². The van der Waals surface area contributed by atoms with Crippen molar-refractivity contribution in [1.29, 1.82) is 0 Å². The van der Waals surface area contributed by atoms with E-state index in [0.29, 0.717) is 25.5 Å². The lowest BCUT2D eigenvalue weighted by atomic mass is 10.3. The molecule has 0 bridgehead atoms. The third kappa shape index (κ3) is 3.04. The molecule has 1 aliphatic rings. The number of rotatable bonds is 4. The van der Waals surface area contributed by atoms with Crippen LogP contribution in [0, 0.1) is 0 Å². The molecule has 96 valence electrons. The van der Waals surface area contributed by atoms with E-state index in [4.69, 9.17) is 4.74 Å². The molecule has 1 fully saturated rings. The zero-order valence-corrected chi connectivity index (χ0v) is 10.1. The highest BCUT2D eigenvalue weighted by Crippen LogP contribution is 2.12. The maximum Gasteiger partial charge on any atom is 0.270 e. The Kier molecular flexibility index (Phi) is 4.25.